The van der Waals surface area contributed by atoms with E-state index in [4.69, 9.17) is 37.9 Å². The third kappa shape index (κ3) is 9.46. The number of rotatable bonds is 11. The number of carbonyl (C=O) groups excluding carboxylic acids is 1. The molecule has 4 saturated heterocycles. The number of carbonyl (C=O) groups is 2. The predicted molar refractivity (Wildman–Crippen MR) is 259 cm³/mol. The zero-order valence-corrected chi connectivity index (χ0v) is 44.8. The third-order valence-corrected chi connectivity index (χ3v) is 21.1. The number of esters is 1. The molecule has 0 aromatic heterocycles. The maximum atomic E-state index is 15.2. The topological polar surface area (TPSA) is 391 Å². The van der Waals surface area contributed by atoms with Crippen molar-refractivity contribution in [1.29, 1.82) is 0 Å². The van der Waals surface area contributed by atoms with Crippen LogP contribution in [0.2, 0.25) is 0 Å². The molecule has 5 aliphatic carbocycles. The van der Waals surface area contributed by atoms with Crippen LogP contribution in [-0.4, -0.2) is 232 Å². The minimum absolute atomic E-state index is 0.0452. The zero-order chi connectivity index (χ0) is 56.4. The summed E-state index contributed by atoms with van der Waals surface area (Å²) in [5.41, 5.74) is -4.02. The molecule has 9 rings (SSSR count). The maximum Gasteiger partial charge on any atom is 0.315 e. The standard InChI is InChI=1S/C53H84O24/c1-21-30(58)34(62)37(65)42(71-21)74-39-31(59)25(57)20-70-44(39)77-47(69)53-14-12-48(2,3)16-23(53)22-8-9-28-49(4)17-24(56)41(52(7,46(67)68)29(49)10-11-51(28,6)50(22,5)13-15-53)76-45-40(36(64)33(61)27(19-55)73-45)75-43-38(66)35(63)32(60)26(18-54)72-43/h8,21,23-45,54-66H,9-20H2,1-7H3,(H,67,68)/t21-,23-,24-,25-,26+,27+,28+,29+,30-,31-,32+,33+,34+,35-,36-,37+,38+,39+,40+,41-,42-,43-,44-,45-,49+,50+,51+,52-,53-/m0/s1. The Morgan fingerprint density at radius 1 is 0.610 bits per heavy atom. The van der Waals surface area contributed by atoms with Crippen LogP contribution in [-0.2, 0) is 47.5 Å². The lowest BCUT2D eigenvalue weighted by molar-refractivity contribution is -0.382. The van der Waals surface area contributed by atoms with E-state index < -0.39 is 194 Å². The lowest BCUT2D eigenvalue weighted by Crippen LogP contribution is -2.70. The van der Waals surface area contributed by atoms with Gasteiger partial charge in [-0.15, -0.1) is 0 Å². The fraction of sp³-hybridized carbons (Fsp3) is 0.925. The van der Waals surface area contributed by atoms with Crippen LogP contribution in [0.25, 0.3) is 0 Å². The van der Waals surface area contributed by atoms with E-state index in [0.717, 1.165) is 5.57 Å². The van der Waals surface area contributed by atoms with Gasteiger partial charge >= 0.3 is 11.9 Å². The van der Waals surface area contributed by atoms with Gasteiger partial charge in [-0.3, -0.25) is 9.59 Å². The van der Waals surface area contributed by atoms with Gasteiger partial charge in [-0.1, -0.05) is 46.3 Å². The summed E-state index contributed by atoms with van der Waals surface area (Å²) < 4.78 is 47.5. The van der Waals surface area contributed by atoms with Crippen LogP contribution >= 0.6 is 0 Å². The van der Waals surface area contributed by atoms with E-state index in [0.29, 0.717) is 51.4 Å². The van der Waals surface area contributed by atoms with Crippen LogP contribution in [0.4, 0.5) is 0 Å². The molecule has 24 heteroatoms. The van der Waals surface area contributed by atoms with E-state index in [1.165, 1.54) is 13.8 Å². The Labute approximate surface area is 446 Å². The van der Waals surface area contributed by atoms with Crippen molar-refractivity contribution in [3.63, 3.8) is 0 Å². The van der Waals surface area contributed by atoms with Gasteiger partial charge in [0, 0.05) is 0 Å². The predicted octanol–water partition coefficient (Wildman–Crippen LogP) is -2.33. The molecule has 9 aliphatic rings. The van der Waals surface area contributed by atoms with Gasteiger partial charge in [0.25, 0.3) is 0 Å². The Morgan fingerprint density at radius 3 is 1.81 bits per heavy atom. The monoisotopic (exact) mass is 1100 g/mol. The summed E-state index contributed by atoms with van der Waals surface area (Å²) in [6.45, 7) is 11.7. The lowest BCUT2D eigenvalue weighted by atomic mass is 9.33. The summed E-state index contributed by atoms with van der Waals surface area (Å²) >= 11 is 0. The minimum atomic E-state index is -1.95. The number of allylic oxidation sites excluding steroid dienone is 2. The van der Waals surface area contributed by atoms with E-state index in [-0.39, 0.29) is 23.7 Å². The first-order valence-electron chi connectivity index (χ1n) is 27.4. The fourth-order valence-electron chi connectivity index (χ4n) is 16.2. The second-order valence-electron chi connectivity index (χ2n) is 25.7. The molecule has 0 aromatic rings. The number of aliphatic hydroxyl groups is 13. The first-order chi connectivity index (χ1) is 36.0. The summed E-state index contributed by atoms with van der Waals surface area (Å²) in [4.78, 5) is 29.2. The van der Waals surface area contributed by atoms with Crippen LogP contribution in [0.1, 0.15) is 106 Å². The second-order valence-corrected chi connectivity index (χ2v) is 25.7. The molecule has 0 aromatic carbocycles. The molecule has 29 atom stereocenters. The van der Waals surface area contributed by atoms with Gasteiger partial charge < -0.3 is 109 Å². The molecule has 0 bridgehead atoms. The zero-order valence-electron chi connectivity index (χ0n) is 44.8. The van der Waals surface area contributed by atoms with Crippen LogP contribution in [0, 0.1) is 50.2 Å². The van der Waals surface area contributed by atoms with E-state index >= 15 is 4.79 Å². The van der Waals surface area contributed by atoms with Crippen molar-refractivity contribution < 1.29 is 119 Å². The van der Waals surface area contributed by atoms with E-state index in [1.807, 2.05) is 6.92 Å². The Hall–Kier alpha value is -2.12. The number of fused-ring (bicyclic) bond motifs is 7. The van der Waals surface area contributed by atoms with Gasteiger partial charge in [0.2, 0.25) is 6.29 Å². The molecule has 440 valence electrons. The maximum absolute atomic E-state index is 15.2. The lowest BCUT2D eigenvalue weighted by Gasteiger charge is -2.71. The van der Waals surface area contributed by atoms with Crippen molar-refractivity contribution in [2.75, 3.05) is 19.8 Å². The Morgan fingerprint density at radius 2 is 1.18 bits per heavy atom. The molecule has 14 N–H and O–H groups in total. The molecule has 0 radical (unpaired) electrons. The summed E-state index contributed by atoms with van der Waals surface area (Å²) in [5, 5.41) is 152. The van der Waals surface area contributed by atoms with Crippen molar-refractivity contribution in [2.24, 2.45) is 50.2 Å². The average molecular weight is 1110 g/mol. The molecule has 4 aliphatic heterocycles. The molecule has 0 spiro atoms. The summed E-state index contributed by atoms with van der Waals surface area (Å²) in [7, 11) is 0. The Bertz CT molecular complexity index is 2180. The molecule has 4 heterocycles. The van der Waals surface area contributed by atoms with Gasteiger partial charge in [0.15, 0.2) is 25.0 Å². The van der Waals surface area contributed by atoms with Crippen molar-refractivity contribution in [3.8, 4) is 0 Å². The van der Waals surface area contributed by atoms with E-state index in [9.17, 15) is 76.3 Å². The quantitative estimate of drug-likeness (QED) is 0.0586. The first kappa shape index (κ1) is 59.5. The molecule has 8 fully saturated rings. The van der Waals surface area contributed by atoms with Gasteiger partial charge in [-0.05, 0) is 111 Å². The highest BCUT2D eigenvalue weighted by Crippen LogP contribution is 2.76. The number of ether oxygens (including phenoxy) is 8. The van der Waals surface area contributed by atoms with Crippen molar-refractivity contribution in [3.05, 3.63) is 11.6 Å². The normalized spacial score (nSPS) is 54.6. The summed E-state index contributed by atoms with van der Waals surface area (Å²) in [5.74, 6) is -3.11. The van der Waals surface area contributed by atoms with Crippen molar-refractivity contribution in [1.82, 2.24) is 0 Å². The van der Waals surface area contributed by atoms with Gasteiger partial charge in [-0.2, -0.15) is 0 Å². The van der Waals surface area contributed by atoms with E-state index in [1.54, 1.807) is 0 Å². The Balaban J connectivity index is 0.994. The van der Waals surface area contributed by atoms with Crippen LogP contribution in [0.3, 0.4) is 0 Å². The van der Waals surface area contributed by atoms with Crippen LogP contribution in [0.5, 0.6) is 0 Å². The first-order valence-corrected chi connectivity index (χ1v) is 27.4. The highest BCUT2D eigenvalue weighted by Gasteiger charge is 2.73. The summed E-state index contributed by atoms with van der Waals surface area (Å²) in [6.07, 6.45) is -28.3. The van der Waals surface area contributed by atoms with Crippen LogP contribution in [0.15, 0.2) is 11.6 Å². The van der Waals surface area contributed by atoms with Gasteiger partial charge in [0.1, 0.15) is 85.5 Å². The molecular formula is C53H84O24. The minimum Gasteiger partial charge on any atom is -0.481 e. The SMILES string of the molecule is C[C@@H]1O[C@@H](O[C@H]2[C@H](OC(=O)[C@]34CCC(C)(C)C[C@H]3C3=CC[C@@H]5[C@@]6(C)C[C@H](O)[C@H](O[C@@H]7O[C@H](CO)[C@@H](O)[C@H](O)[C@H]7O[C@@H]7O[C@H](CO)[C@@H](O)[C@H](O)[C@H]7O)[C@@](C)(C(=O)O)[C@@H]6CC[C@@]5(C)[C@]3(C)CC4)OC[C@H](O)[C@@H]2O)[C@H](O)[C@H](O)[C@H]1O. The number of hydrogen-bond acceptors (Lipinski definition) is 23. The van der Waals surface area contributed by atoms with Gasteiger partial charge in [0.05, 0.1) is 42.9 Å². The molecule has 24 nitrogen and oxygen atoms in total. The van der Waals surface area contributed by atoms with E-state index in [2.05, 4.69) is 33.8 Å². The largest absolute Gasteiger partial charge is 0.481 e. The van der Waals surface area contributed by atoms with Crippen molar-refractivity contribution in [2.45, 2.75) is 235 Å². The second kappa shape index (κ2) is 21.3. The number of carboxylic acids is 1. The number of hydrogen-bond donors (Lipinski definition) is 14. The smallest absolute Gasteiger partial charge is 0.315 e. The molecule has 4 saturated carbocycles. The molecule has 0 amide bonds. The fourth-order valence-corrected chi connectivity index (χ4v) is 16.2. The van der Waals surface area contributed by atoms with Gasteiger partial charge in [-0.25, -0.2) is 0 Å². The number of aliphatic hydroxyl groups excluding tert-OH is 13. The third-order valence-electron chi connectivity index (χ3n) is 21.1. The average Bonchev–Trinajstić information content (AvgIpc) is 3.58. The molecule has 77 heavy (non-hydrogen) atoms. The highest BCUT2D eigenvalue weighted by atomic mass is 16.8. The Kier molecular flexibility index (Phi) is 16.4. The van der Waals surface area contributed by atoms with Crippen LogP contribution < -0.4 is 0 Å². The molecule has 0 unspecified atom stereocenters. The van der Waals surface area contributed by atoms with Crippen molar-refractivity contribution >= 4 is 11.9 Å². The molecular weight excluding hydrogens is 1020 g/mol. The number of aliphatic carboxylic acids is 1. The highest BCUT2D eigenvalue weighted by molar-refractivity contribution is 5.79. The summed E-state index contributed by atoms with van der Waals surface area (Å²) in [6, 6.07) is 0. The number of carboxylic acid groups (broad SMARTS) is 1.